The lowest BCUT2D eigenvalue weighted by Crippen LogP contribution is -2.42. The van der Waals surface area contributed by atoms with Gasteiger partial charge in [0.1, 0.15) is 17.2 Å². The van der Waals surface area contributed by atoms with Gasteiger partial charge in [0.05, 0.1) is 24.5 Å². The predicted molar refractivity (Wildman–Crippen MR) is 201 cm³/mol. The fourth-order valence-corrected chi connectivity index (χ4v) is 5.90. The number of Topliss-reactive ketones (excluding diaryl/α,β-unsaturated/α-hetero) is 2. The Bertz CT molecular complexity index is 1900. The predicted octanol–water partition coefficient (Wildman–Crippen LogP) is 3.40. The van der Waals surface area contributed by atoms with Crippen LogP contribution in [0.5, 0.6) is 17.2 Å². The van der Waals surface area contributed by atoms with Crippen LogP contribution in [0.3, 0.4) is 0 Å². The summed E-state index contributed by atoms with van der Waals surface area (Å²) in [5, 5.41) is 38.3. The summed E-state index contributed by atoms with van der Waals surface area (Å²) in [5.74, 6) is 3.90. The van der Waals surface area contributed by atoms with Gasteiger partial charge in [-0.3, -0.25) is 40.6 Å². The summed E-state index contributed by atoms with van der Waals surface area (Å²) in [4.78, 5) is 49.6. The molecule has 0 aliphatic rings. The first-order chi connectivity index (χ1) is 26.2. The van der Waals surface area contributed by atoms with Crippen molar-refractivity contribution in [3.63, 3.8) is 0 Å². The second-order valence-electron chi connectivity index (χ2n) is 12.7. The zero-order chi connectivity index (χ0) is 38.3. The molecule has 14 nitrogen and oxygen atoms in total. The highest BCUT2D eigenvalue weighted by molar-refractivity contribution is 6.39. The summed E-state index contributed by atoms with van der Waals surface area (Å²) in [5.41, 5.74) is 6.88. The first kappa shape index (κ1) is 39.0. The number of hydrazine groups is 1. The number of amides is 2. The van der Waals surface area contributed by atoms with E-state index in [9.17, 15) is 29.7 Å². The number of ketones is 2. The highest BCUT2D eigenvalue weighted by atomic mass is 16.3. The zero-order valence-electron chi connectivity index (χ0n) is 29.7. The molecule has 14 heteroatoms. The van der Waals surface area contributed by atoms with Crippen LogP contribution in [0.15, 0.2) is 109 Å². The second kappa shape index (κ2) is 19.6. The van der Waals surface area contributed by atoms with E-state index in [2.05, 4.69) is 26.0 Å². The number of carbonyl (C=O) groups is 3. The molecule has 0 unspecified atom stereocenters. The molecule has 0 atom stereocenters. The van der Waals surface area contributed by atoms with E-state index in [4.69, 9.17) is 5.84 Å². The van der Waals surface area contributed by atoms with Gasteiger partial charge in [0.15, 0.2) is 0 Å². The van der Waals surface area contributed by atoms with E-state index in [0.717, 1.165) is 11.4 Å². The molecule has 280 valence electrons. The molecule has 0 spiro atoms. The van der Waals surface area contributed by atoms with E-state index in [1.54, 1.807) is 48.8 Å². The molecule has 54 heavy (non-hydrogen) atoms. The molecular formula is C40H44N8O6. The molecule has 0 saturated carbocycles. The number of nitrogens with one attached hydrogen (secondary N) is 3. The number of nitrogens with zero attached hydrogens (tertiary/aromatic N) is 4. The minimum absolute atomic E-state index is 0.0258. The van der Waals surface area contributed by atoms with Gasteiger partial charge in [0, 0.05) is 80.5 Å². The van der Waals surface area contributed by atoms with Gasteiger partial charge in [-0.2, -0.15) is 0 Å². The Labute approximate surface area is 313 Å². The molecule has 0 aliphatic heterocycles. The molecule has 8 N–H and O–H groups in total. The Morgan fingerprint density at radius 2 is 1.04 bits per heavy atom. The van der Waals surface area contributed by atoms with Gasteiger partial charge >= 0.3 is 6.03 Å². The molecule has 0 fully saturated rings. The van der Waals surface area contributed by atoms with Crippen LogP contribution >= 0.6 is 0 Å². The average molecular weight is 733 g/mol. The average Bonchev–Trinajstić information content (AvgIpc) is 3.17. The highest BCUT2D eigenvalue weighted by Crippen LogP contribution is 2.31. The molecule has 3 aromatic carbocycles. The third-order valence-corrected chi connectivity index (χ3v) is 8.55. The topological polar surface area (TPSA) is 206 Å². The second-order valence-corrected chi connectivity index (χ2v) is 12.7. The van der Waals surface area contributed by atoms with Crippen LogP contribution in [0.2, 0.25) is 0 Å². The largest absolute Gasteiger partial charge is 0.508 e. The number of pyridine rings is 2. The van der Waals surface area contributed by atoms with Gasteiger partial charge in [0.2, 0.25) is 11.6 Å². The van der Waals surface area contributed by atoms with Crippen LogP contribution < -0.4 is 21.9 Å². The lowest BCUT2D eigenvalue weighted by molar-refractivity contribution is -0.135. The third kappa shape index (κ3) is 11.7. The number of phenols is 3. The van der Waals surface area contributed by atoms with Crippen molar-refractivity contribution >= 4 is 17.6 Å². The number of carbonyl (C=O) groups excluding carboxylic acids is 3. The molecule has 0 bridgehead atoms. The van der Waals surface area contributed by atoms with Crippen LogP contribution in [-0.2, 0) is 55.4 Å². The monoisotopic (exact) mass is 732 g/mol. The normalized spacial score (nSPS) is 11.1. The lowest BCUT2D eigenvalue weighted by Gasteiger charge is -2.26. The summed E-state index contributed by atoms with van der Waals surface area (Å²) >= 11 is 0. The van der Waals surface area contributed by atoms with Crippen LogP contribution in [0.25, 0.3) is 0 Å². The molecule has 5 aromatic rings. The van der Waals surface area contributed by atoms with E-state index in [1.807, 2.05) is 70.5 Å². The van der Waals surface area contributed by atoms with Crippen LogP contribution in [0.4, 0.5) is 4.79 Å². The molecule has 2 aromatic heterocycles. The molecule has 0 aliphatic carbocycles. The number of phenolic OH excluding ortho intramolecular Hbond substituents is 3. The Morgan fingerprint density at radius 3 is 1.50 bits per heavy atom. The van der Waals surface area contributed by atoms with Crippen molar-refractivity contribution < 1.29 is 29.7 Å². The Hall–Kier alpha value is -6.19. The maximum absolute atomic E-state index is 12.7. The fraction of sp³-hybridized carbons (Fsp3) is 0.225. The maximum Gasteiger partial charge on any atom is 0.315 e. The number of urea groups is 1. The summed E-state index contributed by atoms with van der Waals surface area (Å²) in [6, 6.07) is 28.3. The zero-order valence-corrected chi connectivity index (χ0v) is 29.7. The SMILES string of the molecule is NNCC(=O)C(=O)CNC(=O)NCc1cc(CN(Cc2ccccn2)Cc2ccccc2O)c(O)c(CN(Cc2ccccn2)Cc2ccccc2O)c1. The van der Waals surface area contributed by atoms with Crippen LogP contribution in [-0.4, -0.2) is 65.8 Å². The number of hydrogen-bond donors (Lipinski definition) is 7. The van der Waals surface area contributed by atoms with Crippen molar-refractivity contribution in [1.29, 1.82) is 0 Å². The Kier molecular flexibility index (Phi) is 14.2. The number of rotatable bonds is 19. The minimum atomic E-state index is -0.799. The smallest absolute Gasteiger partial charge is 0.315 e. The van der Waals surface area contributed by atoms with Crippen molar-refractivity contribution in [2.75, 3.05) is 13.1 Å². The number of para-hydroxylation sites is 2. The van der Waals surface area contributed by atoms with E-state index < -0.39 is 24.1 Å². The van der Waals surface area contributed by atoms with Crippen molar-refractivity contribution in [1.82, 2.24) is 35.8 Å². The molecule has 2 heterocycles. The summed E-state index contributed by atoms with van der Waals surface area (Å²) < 4.78 is 0. The molecule has 0 radical (unpaired) electrons. The minimum Gasteiger partial charge on any atom is -0.508 e. The van der Waals surface area contributed by atoms with E-state index in [0.29, 0.717) is 54.0 Å². The van der Waals surface area contributed by atoms with E-state index >= 15 is 0 Å². The van der Waals surface area contributed by atoms with Crippen molar-refractivity contribution in [3.8, 4) is 17.2 Å². The Balaban J connectivity index is 1.46. The quantitative estimate of drug-likeness (QED) is 0.0371. The van der Waals surface area contributed by atoms with Crippen LogP contribution in [0, 0.1) is 0 Å². The number of benzene rings is 3. The van der Waals surface area contributed by atoms with Gasteiger partial charge in [-0.25, -0.2) is 4.79 Å². The summed E-state index contributed by atoms with van der Waals surface area (Å²) in [6.45, 7) is 1.16. The van der Waals surface area contributed by atoms with E-state index in [-0.39, 0.29) is 43.4 Å². The van der Waals surface area contributed by atoms with Gasteiger partial charge < -0.3 is 26.0 Å². The number of nitrogens with two attached hydrogens (primary N) is 1. The molecular weight excluding hydrogens is 688 g/mol. The molecule has 2 amide bonds. The highest BCUT2D eigenvalue weighted by Gasteiger charge is 2.20. The number of aromatic hydroxyl groups is 3. The Morgan fingerprint density at radius 1 is 0.574 bits per heavy atom. The fourth-order valence-electron chi connectivity index (χ4n) is 5.90. The summed E-state index contributed by atoms with van der Waals surface area (Å²) in [6.07, 6.45) is 3.42. The van der Waals surface area contributed by atoms with Crippen molar-refractivity contribution in [2.45, 2.75) is 45.8 Å². The number of aromatic nitrogens is 2. The van der Waals surface area contributed by atoms with Gasteiger partial charge in [-0.05, 0) is 54.1 Å². The first-order valence-electron chi connectivity index (χ1n) is 17.3. The van der Waals surface area contributed by atoms with Gasteiger partial charge in [-0.1, -0.05) is 48.5 Å². The van der Waals surface area contributed by atoms with E-state index in [1.165, 1.54) is 0 Å². The number of hydrogen-bond acceptors (Lipinski definition) is 12. The standard InChI is InChI=1S/C40H44N8O6/c41-46-21-38(52)37(51)20-45-40(54)44-19-28-17-31(24-47(26-33-11-5-7-15-42-33)22-29-9-1-3-13-35(29)49)39(53)32(18-28)25-48(27-34-12-6-8-16-43-34)23-30-10-2-4-14-36(30)50/h1-18,46,49-50,53H,19-27,41H2,(H2,44,45,54). The van der Waals surface area contributed by atoms with Crippen LogP contribution in [0.1, 0.15) is 39.2 Å². The van der Waals surface area contributed by atoms with Crippen molar-refractivity contribution in [2.24, 2.45) is 5.84 Å². The molecule has 0 saturated heterocycles. The summed E-state index contributed by atoms with van der Waals surface area (Å²) in [7, 11) is 0. The van der Waals surface area contributed by atoms with Crippen molar-refractivity contribution in [3.05, 3.63) is 149 Å². The molecule has 5 rings (SSSR count). The van der Waals surface area contributed by atoms with Gasteiger partial charge in [-0.15, -0.1) is 0 Å². The third-order valence-electron chi connectivity index (χ3n) is 8.55. The van der Waals surface area contributed by atoms with Gasteiger partial charge in [0.25, 0.3) is 0 Å². The first-order valence-corrected chi connectivity index (χ1v) is 17.3. The maximum atomic E-state index is 12.7. The lowest BCUT2D eigenvalue weighted by atomic mass is 10.0.